The van der Waals surface area contributed by atoms with Gasteiger partial charge >= 0.3 is 15.5 Å². The molecular formula is C22H22F3N3O6S. The third-order valence-corrected chi connectivity index (χ3v) is 5.99. The number of carbonyl (C=O) groups is 1. The summed E-state index contributed by atoms with van der Waals surface area (Å²) in [6, 6.07) is 12.6. The molecule has 0 radical (unpaired) electrons. The van der Waals surface area contributed by atoms with Gasteiger partial charge in [0.25, 0.3) is 0 Å². The van der Waals surface area contributed by atoms with Crippen molar-refractivity contribution >= 4 is 15.9 Å². The minimum atomic E-state index is -5.76. The lowest BCUT2D eigenvalue weighted by Crippen LogP contribution is -2.40. The number of aryl methyl sites for hydroxylation is 2. The Hall–Kier alpha value is -3.74. The highest BCUT2D eigenvalue weighted by atomic mass is 32.2. The van der Waals surface area contributed by atoms with Crippen LogP contribution in [0.4, 0.5) is 13.2 Å². The molecule has 13 heteroatoms. The molecule has 0 aliphatic heterocycles. The molecule has 0 unspecified atom stereocenters. The van der Waals surface area contributed by atoms with Crippen LogP contribution in [-0.4, -0.2) is 39.8 Å². The van der Waals surface area contributed by atoms with Gasteiger partial charge in [0, 0.05) is 24.1 Å². The Labute approximate surface area is 198 Å². The number of aromatic hydroxyl groups is 2. The van der Waals surface area contributed by atoms with Crippen molar-refractivity contribution in [3.63, 3.8) is 0 Å². The van der Waals surface area contributed by atoms with Crippen molar-refractivity contribution in [1.82, 2.24) is 14.5 Å². The van der Waals surface area contributed by atoms with Gasteiger partial charge < -0.3 is 14.9 Å². The summed E-state index contributed by atoms with van der Waals surface area (Å²) in [5.74, 6) is -0.690. The fourth-order valence-corrected chi connectivity index (χ4v) is 3.62. The topological polar surface area (TPSA) is 131 Å². The maximum atomic E-state index is 12.4. The van der Waals surface area contributed by atoms with Gasteiger partial charge in [0.1, 0.15) is 23.9 Å². The summed E-state index contributed by atoms with van der Waals surface area (Å²) in [4.78, 5) is 11.7. The van der Waals surface area contributed by atoms with Crippen LogP contribution in [0.2, 0.25) is 0 Å². The summed E-state index contributed by atoms with van der Waals surface area (Å²) in [6.07, 6.45) is -0.601. The number of phenolic OH excluding ortho intramolecular Hbond substituents is 2. The molecule has 0 saturated carbocycles. The lowest BCUT2D eigenvalue weighted by Gasteiger charge is -2.13. The monoisotopic (exact) mass is 513 g/mol. The molecule has 1 aromatic heterocycles. The van der Waals surface area contributed by atoms with E-state index in [0.717, 1.165) is 10.3 Å². The number of nitrogens with one attached hydrogen (secondary N) is 1. The van der Waals surface area contributed by atoms with Crippen LogP contribution in [0.3, 0.4) is 0 Å². The summed E-state index contributed by atoms with van der Waals surface area (Å²) in [5, 5.41) is 23.6. The molecule has 0 spiro atoms. The molecule has 188 valence electrons. The lowest BCUT2D eigenvalue weighted by atomic mass is 10.1. The maximum Gasteiger partial charge on any atom is 0.516 e. The van der Waals surface area contributed by atoms with Crippen LogP contribution < -0.4 is 9.46 Å². The highest BCUT2D eigenvalue weighted by molar-refractivity contribution is 7.90. The highest BCUT2D eigenvalue weighted by Gasteiger charge is 2.46. The number of halogens is 3. The number of aromatic nitrogens is 2. The molecule has 2 aromatic carbocycles. The molecule has 0 saturated heterocycles. The maximum absolute atomic E-state index is 12.4. The summed E-state index contributed by atoms with van der Waals surface area (Å²) in [6.45, 7) is 2.11. The highest BCUT2D eigenvalue weighted by Crippen LogP contribution is 2.26. The van der Waals surface area contributed by atoms with Crippen molar-refractivity contribution in [3.05, 3.63) is 71.0 Å². The van der Waals surface area contributed by atoms with E-state index in [1.54, 1.807) is 35.9 Å². The number of alkyl halides is 3. The second-order valence-electron chi connectivity index (χ2n) is 7.66. The second-order valence-corrected chi connectivity index (χ2v) is 9.33. The Kier molecular flexibility index (Phi) is 7.58. The molecule has 3 aromatic rings. The van der Waals surface area contributed by atoms with Crippen molar-refractivity contribution in [2.24, 2.45) is 0 Å². The second kappa shape index (κ2) is 10.3. The fraction of sp³-hybridized carbons (Fsp3) is 0.273. The van der Waals surface area contributed by atoms with Crippen molar-refractivity contribution in [2.75, 3.05) is 0 Å². The van der Waals surface area contributed by atoms with Gasteiger partial charge in [-0.05, 0) is 48.9 Å². The Balaban J connectivity index is 1.67. The molecule has 0 aliphatic carbocycles. The van der Waals surface area contributed by atoms with Gasteiger partial charge in [-0.25, -0.2) is 4.72 Å². The summed E-state index contributed by atoms with van der Waals surface area (Å²) in [5.41, 5.74) is -3.14. The van der Waals surface area contributed by atoms with E-state index < -0.39 is 27.9 Å². The van der Waals surface area contributed by atoms with Crippen LogP contribution in [0.15, 0.2) is 48.5 Å². The molecule has 35 heavy (non-hydrogen) atoms. The average molecular weight is 513 g/mol. The number of benzene rings is 2. The van der Waals surface area contributed by atoms with Gasteiger partial charge in [0.05, 0.1) is 12.2 Å². The Morgan fingerprint density at radius 1 is 1.09 bits per heavy atom. The standard InChI is InChI=1S/C22H22F3N3O6S/c1-14-10-17(4-9-21(31)27-35(32,33)22(23,24)25)26-28(14)12-16-11-19(30)7-8-20(16)34-13-15-2-5-18(29)6-3-15/h2-3,5-8,10-11,29-30H,4,9,12-13H2,1H3,(H,27,31). The SMILES string of the molecule is Cc1cc(CCC(=O)NS(=O)(=O)C(F)(F)F)nn1Cc1cc(O)ccc1OCc1ccc(O)cc1. The normalized spacial score (nSPS) is 11.9. The lowest BCUT2D eigenvalue weighted by molar-refractivity contribution is -0.120. The molecule has 0 bridgehead atoms. The first-order valence-corrected chi connectivity index (χ1v) is 11.7. The van der Waals surface area contributed by atoms with E-state index >= 15 is 0 Å². The third-order valence-electron chi connectivity index (χ3n) is 4.89. The van der Waals surface area contributed by atoms with E-state index in [-0.39, 0.29) is 31.1 Å². The molecule has 1 heterocycles. The molecular weight excluding hydrogens is 491 g/mol. The molecule has 3 rings (SSSR count). The number of rotatable bonds is 9. The van der Waals surface area contributed by atoms with Crippen LogP contribution >= 0.6 is 0 Å². The van der Waals surface area contributed by atoms with E-state index in [1.807, 2.05) is 0 Å². The van der Waals surface area contributed by atoms with Crippen LogP contribution in [-0.2, 0) is 34.4 Å². The first-order valence-electron chi connectivity index (χ1n) is 10.2. The quantitative estimate of drug-likeness (QED) is 0.401. The molecule has 0 atom stereocenters. The molecule has 0 fully saturated rings. The van der Waals surface area contributed by atoms with Gasteiger partial charge in [-0.1, -0.05) is 12.1 Å². The van der Waals surface area contributed by atoms with Gasteiger partial charge in [0.15, 0.2) is 0 Å². The zero-order valence-corrected chi connectivity index (χ0v) is 19.2. The number of hydrogen-bond donors (Lipinski definition) is 3. The van der Waals surface area contributed by atoms with E-state index in [9.17, 15) is 36.6 Å². The zero-order chi connectivity index (χ0) is 25.8. The third kappa shape index (κ3) is 6.88. The molecule has 9 nitrogen and oxygen atoms in total. The number of amides is 1. The van der Waals surface area contributed by atoms with E-state index in [1.165, 1.54) is 24.3 Å². The average Bonchev–Trinajstić information content (AvgIpc) is 3.11. The van der Waals surface area contributed by atoms with E-state index in [0.29, 0.717) is 22.7 Å². The molecule has 3 N–H and O–H groups in total. The Morgan fingerprint density at radius 2 is 1.74 bits per heavy atom. The number of hydrogen-bond acceptors (Lipinski definition) is 7. The minimum Gasteiger partial charge on any atom is -0.508 e. The first-order chi connectivity index (χ1) is 16.3. The molecule has 0 aliphatic rings. The van der Waals surface area contributed by atoms with Crippen LogP contribution in [0.25, 0.3) is 0 Å². The van der Waals surface area contributed by atoms with Crippen LogP contribution in [0, 0.1) is 6.92 Å². The number of nitrogens with zero attached hydrogens (tertiary/aromatic N) is 2. The van der Waals surface area contributed by atoms with Crippen molar-refractivity contribution < 1.29 is 41.3 Å². The Morgan fingerprint density at radius 3 is 2.40 bits per heavy atom. The first kappa shape index (κ1) is 25.9. The smallest absolute Gasteiger partial charge is 0.508 e. The van der Waals surface area contributed by atoms with Gasteiger partial charge in [-0.15, -0.1) is 0 Å². The van der Waals surface area contributed by atoms with E-state index in [2.05, 4.69) is 5.10 Å². The zero-order valence-electron chi connectivity index (χ0n) is 18.4. The number of carbonyl (C=O) groups excluding carboxylic acids is 1. The fourth-order valence-electron chi connectivity index (χ4n) is 3.11. The van der Waals surface area contributed by atoms with E-state index in [4.69, 9.17) is 4.74 Å². The predicted molar refractivity (Wildman–Crippen MR) is 118 cm³/mol. The largest absolute Gasteiger partial charge is 0.516 e. The predicted octanol–water partition coefficient (Wildman–Crippen LogP) is 3.13. The number of ether oxygens (including phenoxy) is 1. The van der Waals surface area contributed by atoms with Crippen molar-refractivity contribution in [3.8, 4) is 17.2 Å². The van der Waals surface area contributed by atoms with Gasteiger partial charge in [0.2, 0.25) is 5.91 Å². The Bertz CT molecular complexity index is 1300. The summed E-state index contributed by atoms with van der Waals surface area (Å²) >= 11 is 0. The van der Waals surface area contributed by atoms with Gasteiger partial charge in [-0.2, -0.15) is 26.7 Å². The van der Waals surface area contributed by atoms with Crippen molar-refractivity contribution in [2.45, 2.75) is 38.4 Å². The molecule has 1 amide bonds. The number of phenols is 2. The van der Waals surface area contributed by atoms with Crippen molar-refractivity contribution in [1.29, 1.82) is 0 Å². The minimum absolute atomic E-state index is 0.00422. The van der Waals surface area contributed by atoms with Crippen LogP contribution in [0.5, 0.6) is 17.2 Å². The summed E-state index contributed by atoms with van der Waals surface area (Å²) < 4.78 is 67.6. The van der Waals surface area contributed by atoms with Gasteiger partial charge in [-0.3, -0.25) is 9.48 Å². The van der Waals surface area contributed by atoms with Crippen LogP contribution in [0.1, 0.15) is 28.9 Å². The number of sulfonamides is 1. The summed E-state index contributed by atoms with van der Waals surface area (Å²) in [7, 11) is -5.76.